The van der Waals surface area contributed by atoms with Gasteiger partial charge in [-0.15, -0.1) is 0 Å². The lowest BCUT2D eigenvalue weighted by atomic mass is 9.74. The van der Waals surface area contributed by atoms with Gasteiger partial charge >= 0.3 is 6.03 Å². The maximum atomic E-state index is 12.1. The molecule has 0 atom stereocenters. The van der Waals surface area contributed by atoms with Gasteiger partial charge in [0.2, 0.25) is 0 Å². The van der Waals surface area contributed by atoms with Crippen LogP contribution in [0.2, 0.25) is 0 Å². The Bertz CT molecular complexity index is 912. The average Bonchev–Trinajstić information content (AvgIpc) is 3.02. The molecule has 1 aliphatic rings. The summed E-state index contributed by atoms with van der Waals surface area (Å²) in [6, 6.07) is 16.4. The molecule has 2 amide bonds. The van der Waals surface area contributed by atoms with Crippen LogP contribution in [0.5, 0.6) is 0 Å². The highest BCUT2D eigenvalue weighted by Gasteiger charge is 2.31. The van der Waals surface area contributed by atoms with Crippen LogP contribution < -0.4 is 10.6 Å². The van der Waals surface area contributed by atoms with Crippen LogP contribution in [-0.4, -0.2) is 23.8 Å². The average molecular weight is 349 g/mol. The Morgan fingerprint density at radius 3 is 2.77 bits per heavy atom. The minimum absolute atomic E-state index is 0.106. The highest BCUT2D eigenvalue weighted by molar-refractivity contribution is 5.79. The summed E-state index contributed by atoms with van der Waals surface area (Å²) in [4.78, 5) is 12.1. The second kappa shape index (κ2) is 7.20. The lowest BCUT2D eigenvalue weighted by Gasteiger charge is -2.36. The van der Waals surface area contributed by atoms with Gasteiger partial charge < -0.3 is 15.2 Å². The molecule has 1 fully saturated rings. The molecule has 3 aromatic rings. The van der Waals surface area contributed by atoms with Gasteiger partial charge in [0.05, 0.1) is 5.69 Å². The van der Waals surface area contributed by atoms with Crippen molar-refractivity contribution in [3.8, 4) is 0 Å². The fourth-order valence-electron chi connectivity index (χ4n) is 3.68. The number of rotatable bonds is 5. The van der Waals surface area contributed by atoms with E-state index in [9.17, 15) is 4.79 Å². The van der Waals surface area contributed by atoms with Crippen molar-refractivity contribution in [3.63, 3.8) is 0 Å². The fraction of sp³-hybridized carbons (Fsp3) is 0.333. The minimum Gasteiger partial charge on any atom is -0.356 e. The maximum absolute atomic E-state index is 12.1. The van der Waals surface area contributed by atoms with Gasteiger partial charge in [-0.25, -0.2) is 4.79 Å². The largest absolute Gasteiger partial charge is 0.356 e. The number of amides is 2. The quantitative estimate of drug-likeness (QED) is 0.733. The molecule has 0 saturated heterocycles. The number of hydrogen-bond donors (Lipinski definition) is 2. The number of benzene rings is 2. The van der Waals surface area contributed by atoms with Gasteiger partial charge in [0.25, 0.3) is 0 Å². The molecule has 1 saturated carbocycles. The van der Waals surface area contributed by atoms with Crippen LogP contribution in [0, 0.1) is 6.92 Å². The van der Waals surface area contributed by atoms with Crippen LogP contribution in [0.3, 0.4) is 0 Å². The Labute approximate surface area is 152 Å². The highest BCUT2D eigenvalue weighted by atomic mass is 16.5. The Morgan fingerprint density at radius 2 is 1.92 bits per heavy atom. The first-order valence-corrected chi connectivity index (χ1v) is 9.14. The molecular weight excluding hydrogens is 326 g/mol. The molecule has 5 nitrogen and oxygen atoms in total. The second-order valence-corrected chi connectivity index (χ2v) is 7.00. The topological polar surface area (TPSA) is 67.2 Å². The Kier molecular flexibility index (Phi) is 4.61. The minimum atomic E-state index is -0.106. The molecule has 2 aromatic carbocycles. The van der Waals surface area contributed by atoms with E-state index in [1.165, 1.54) is 11.1 Å². The van der Waals surface area contributed by atoms with Crippen molar-refractivity contribution in [2.75, 3.05) is 6.54 Å². The van der Waals surface area contributed by atoms with E-state index in [4.69, 9.17) is 4.52 Å². The van der Waals surface area contributed by atoms with Gasteiger partial charge in [-0.2, -0.15) is 0 Å². The molecule has 2 N–H and O–H groups in total. The summed E-state index contributed by atoms with van der Waals surface area (Å²) in [5.41, 5.74) is 4.40. The summed E-state index contributed by atoms with van der Waals surface area (Å²) >= 11 is 0. The predicted molar refractivity (Wildman–Crippen MR) is 101 cm³/mol. The van der Waals surface area contributed by atoms with E-state index in [-0.39, 0.29) is 12.1 Å². The van der Waals surface area contributed by atoms with Crippen LogP contribution in [0.4, 0.5) is 4.79 Å². The Balaban J connectivity index is 1.21. The molecule has 0 radical (unpaired) electrons. The summed E-state index contributed by atoms with van der Waals surface area (Å²) in [5, 5.41) is 11.1. The third-order valence-corrected chi connectivity index (χ3v) is 5.20. The summed E-state index contributed by atoms with van der Waals surface area (Å²) in [7, 11) is 0. The molecule has 1 heterocycles. The van der Waals surface area contributed by atoms with Crippen LogP contribution in [0.25, 0.3) is 11.0 Å². The Hall–Kier alpha value is -2.82. The zero-order valence-electron chi connectivity index (χ0n) is 14.9. The summed E-state index contributed by atoms with van der Waals surface area (Å²) in [6.45, 7) is 2.69. The molecule has 1 aromatic heterocycles. The number of carbonyl (C=O) groups is 1. The van der Waals surface area contributed by atoms with Gasteiger partial charge in [0, 0.05) is 24.4 Å². The number of para-hydroxylation sites is 1. The number of nitrogens with zero attached hydrogens (tertiary/aromatic N) is 1. The van der Waals surface area contributed by atoms with Crippen molar-refractivity contribution >= 4 is 17.0 Å². The third-order valence-electron chi connectivity index (χ3n) is 5.20. The van der Waals surface area contributed by atoms with Crippen molar-refractivity contribution in [3.05, 3.63) is 65.4 Å². The molecule has 4 rings (SSSR count). The van der Waals surface area contributed by atoms with Crippen LogP contribution in [0.1, 0.15) is 35.6 Å². The smallest absolute Gasteiger partial charge is 0.315 e. The number of hydrogen-bond acceptors (Lipinski definition) is 3. The Morgan fingerprint density at radius 1 is 1.15 bits per heavy atom. The molecule has 1 aliphatic carbocycles. The van der Waals surface area contributed by atoms with Gasteiger partial charge in [-0.05, 0) is 48.9 Å². The normalized spacial score (nSPS) is 19.1. The zero-order chi connectivity index (χ0) is 17.9. The molecule has 0 aliphatic heterocycles. The molecular formula is C21H23N3O2. The number of nitrogens with one attached hydrogen (secondary N) is 2. The van der Waals surface area contributed by atoms with Gasteiger partial charge in [0.15, 0.2) is 5.58 Å². The van der Waals surface area contributed by atoms with Gasteiger partial charge in [-0.3, -0.25) is 0 Å². The van der Waals surface area contributed by atoms with E-state index in [0.29, 0.717) is 18.9 Å². The van der Waals surface area contributed by atoms with E-state index in [1.54, 1.807) is 0 Å². The van der Waals surface area contributed by atoms with E-state index in [1.807, 2.05) is 24.3 Å². The molecule has 26 heavy (non-hydrogen) atoms. The summed E-state index contributed by atoms with van der Waals surface area (Å²) in [5.74, 6) is 0.558. The van der Waals surface area contributed by atoms with Crippen molar-refractivity contribution in [1.29, 1.82) is 0 Å². The number of urea groups is 1. The number of fused-ring (bicyclic) bond motifs is 1. The second-order valence-electron chi connectivity index (χ2n) is 7.00. The van der Waals surface area contributed by atoms with Crippen molar-refractivity contribution < 1.29 is 9.32 Å². The van der Waals surface area contributed by atoms with E-state index in [0.717, 1.165) is 29.5 Å². The molecule has 0 bridgehead atoms. The number of aromatic nitrogens is 1. The first kappa shape index (κ1) is 16.6. The van der Waals surface area contributed by atoms with Gasteiger partial charge in [0.1, 0.15) is 0 Å². The molecule has 0 spiro atoms. The van der Waals surface area contributed by atoms with Crippen molar-refractivity contribution in [1.82, 2.24) is 15.8 Å². The summed E-state index contributed by atoms with van der Waals surface area (Å²) < 4.78 is 5.28. The van der Waals surface area contributed by atoms with E-state index < -0.39 is 0 Å². The number of aryl methyl sites for hydroxylation is 1. The first-order valence-electron chi connectivity index (χ1n) is 9.14. The lowest BCUT2D eigenvalue weighted by Crippen LogP contribution is -2.48. The predicted octanol–water partition coefficient (Wildman–Crippen LogP) is 3.92. The fourth-order valence-corrected chi connectivity index (χ4v) is 3.68. The maximum Gasteiger partial charge on any atom is 0.315 e. The monoisotopic (exact) mass is 349 g/mol. The summed E-state index contributed by atoms with van der Waals surface area (Å²) in [6.07, 6.45) is 2.67. The third kappa shape index (κ3) is 3.43. The van der Waals surface area contributed by atoms with E-state index >= 15 is 0 Å². The van der Waals surface area contributed by atoms with Crippen molar-refractivity contribution in [2.45, 2.75) is 38.1 Å². The van der Waals surface area contributed by atoms with E-state index in [2.05, 4.69) is 47.0 Å². The number of carbonyl (C=O) groups excluding carboxylic acids is 1. The lowest BCUT2D eigenvalue weighted by molar-refractivity contribution is 0.222. The van der Waals surface area contributed by atoms with Crippen LogP contribution in [0.15, 0.2) is 53.1 Å². The van der Waals surface area contributed by atoms with Crippen LogP contribution in [-0.2, 0) is 6.42 Å². The molecule has 134 valence electrons. The SMILES string of the molecule is Cc1ccccc1C1CC(NC(=O)NCCc2noc3ccccc23)C1. The standard InChI is InChI=1S/C21H23N3O2/c1-14-6-2-3-7-17(14)15-12-16(13-15)23-21(25)22-11-10-19-18-8-4-5-9-20(18)26-24-19/h2-9,15-16H,10-13H2,1H3,(H2,22,23,25). The first-order chi connectivity index (χ1) is 12.7. The highest BCUT2D eigenvalue weighted by Crippen LogP contribution is 2.38. The molecule has 0 unspecified atom stereocenters. The van der Waals surface area contributed by atoms with Crippen LogP contribution >= 0.6 is 0 Å². The zero-order valence-corrected chi connectivity index (χ0v) is 14.9. The van der Waals surface area contributed by atoms with Gasteiger partial charge in [-0.1, -0.05) is 41.6 Å². The van der Waals surface area contributed by atoms with Crippen molar-refractivity contribution in [2.24, 2.45) is 0 Å². The molecule has 5 heteroatoms.